The van der Waals surface area contributed by atoms with E-state index in [1.54, 1.807) is 0 Å². The summed E-state index contributed by atoms with van der Waals surface area (Å²) in [5, 5.41) is 5.01. The number of likely N-dealkylation sites (tertiary alicyclic amines) is 1. The molecule has 0 spiro atoms. The Morgan fingerprint density at radius 1 is 1.35 bits per heavy atom. The first-order valence-corrected chi connectivity index (χ1v) is 7.77. The second-order valence-corrected chi connectivity index (χ2v) is 6.08. The number of benzene rings is 1. The van der Waals surface area contributed by atoms with Crippen molar-refractivity contribution in [3.63, 3.8) is 0 Å². The number of hydrogen-bond donors (Lipinski definition) is 2. The largest absolute Gasteiger partial charge is 0.361 e. The molecule has 0 aliphatic carbocycles. The zero-order chi connectivity index (χ0) is 13.8. The molecule has 1 fully saturated rings. The minimum absolute atomic E-state index is 0.830. The lowest BCUT2D eigenvalue weighted by molar-refractivity contribution is 0.206. The smallest absolute Gasteiger partial charge is 0.0456 e. The molecule has 0 amide bonds. The van der Waals surface area contributed by atoms with Gasteiger partial charge in [0.2, 0.25) is 0 Å². The van der Waals surface area contributed by atoms with Crippen molar-refractivity contribution in [1.82, 2.24) is 15.2 Å². The lowest BCUT2D eigenvalue weighted by Crippen LogP contribution is -2.37. The van der Waals surface area contributed by atoms with Crippen LogP contribution in [-0.2, 0) is 6.42 Å². The van der Waals surface area contributed by atoms with Crippen LogP contribution in [0.2, 0.25) is 0 Å². The van der Waals surface area contributed by atoms with E-state index in [1.165, 1.54) is 42.4 Å². The second-order valence-electron chi connectivity index (χ2n) is 6.08. The van der Waals surface area contributed by atoms with Crippen LogP contribution in [0.1, 0.15) is 18.4 Å². The number of aromatic amines is 1. The maximum atomic E-state index is 3.64. The Morgan fingerprint density at radius 3 is 3.15 bits per heavy atom. The van der Waals surface area contributed by atoms with Crippen molar-refractivity contribution in [2.24, 2.45) is 5.92 Å². The summed E-state index contributed by atoms with van der Waals surface area (Å²) in [5.74, 6) is 0.830. The molecule has 108 valence electrons. The number of hydrogen-bond acceptors (Lipinski definition) is 2. The molecule has 2 aromatic rings. The van der Waals surface area contributed by atoms with Gasteiger partial charge in [-0.15, -0.1) is 0 Å². The van der Waals surface area contributed by atoms with Crippen molar-refractivity contribution in [1.29, 1.82) is 0 Å². The van der Waals surface area contributed by atoms with E-state index in [1.807, 2.05) is 0 Å². The summed E-state index contributed by atoms with van der Waals surface area (Å²) < 4.78 is 0. The van der Waals surface area contributed by atoms with Gasteiger partial charge in [-0.2, -0.15) is 0 Å². The van der Waals surface area contributed by atoms with Crippen LogP contribution in [0.25, 0.3) is 10.9 Å². The molecule has 1 saturated heterocycles. The third-order valence-electron chi connectivity index (χ3n) is 4.40. The molecule has 2 N–H and O–H groups in total. The van der Waals surface area contributed by atoms with Crippen LogP contribution in [0.5, 0.6) is 0 Å². The van der Waals surface area contributed by atoms with Gasteiger partial charge in [-0.25, -0.2) is 0 Å². The highest BCUT2D eigenvalue weighted by atomic mass is 15.1. The Bertz CT molecular complexity index is 546. The normalized spacial score (nSPS) is 20.6. The van der Waals surface area contributed by atoms with Crippen molar-refractivity contribution >= 4 is 10.9 Å². The molecule has 3 rings (SSSR count). The van der Waals surface area contributed by atoms with Crippen molar-refractivity contribution in [3.8, 4) is 0 Å². The van der Waals surface area contributed by atoms with E-state index in [-0.39, 0.29) is 0 Å². The molecule has 2 heterocycles. The zero-order valence-corrected chi connectivity index (χ0v) is 12.4. The SMILES string of the molecule is CN1CCCC(CNCCc2c[nH]c3ccccc23)C1. The van der Waals surface area contributed by atoms with Gasteiger partial charge in [0.15, 0.2) is 0 Å². The number of para-hydroxylation sites is 1. The fourth-order valence-electron chi connectivity index (χ4n) is 3.31. The fraction of sp³-hybridized carbons (Fsp3) is 0.529. The average molecular weight is 271 g/mol. The van der Waals surface area contributed by atoms with Crippen LogP contribution in [-0.4, -0.2) is 43.1 Å². The molecule has 0 bridgehead atoms. The van der Waals surface area contributed by atoms with E-state index in [2.05, 4.69) is 52.7 Å². The molecule has 20 heavy (non-hydrogen) atoms. The molecule has 0 radical (unpaired) electrons. The van der Waals surface area contributed by atoms with Gasteiger partial charge < -0.3 is 15.2 Å². The molecular weight excluding hydrogens is 246 g/mol. The van der Waals surface area contributed by atoms with Crippen LogP contribution in [0.15, 0.2) is 30.5 Å². The van der Waals surface area contributed by atoms with Gasteiger partial charge in [0, 0.05) is 23.6 Å². The second kappa shape index (κ2) is 6.42. The van der Waals surface area contributed by atoms with Gasteiger partial charge in [-0.3, -0.25) is 0 Å². The summed E-state index contributed by atoms with van der Waals surface area (Å²) in [6.45, 7) is 4.75. The molecule has 3 nitrogen and oxygen atoms in total. The minimum Gasteiger partial charge on any atom is -0.361 e. The van der Waals surface area contributed by atoms with E-state index in [9.17, 15) is 0 Å². The number of nitrogens with zero attached hydrogens (tertiary/aromatic N) is 1. The monoisotopic (exact) mass is 271 g/mol. The molecule has 1 unspecified atom stereocenters. The Balaban J connectivity index is 1.46. The summed E-state index contributed by atoms with van der Waals surface area (Å²) >= 11 is 0. The fourth-order valence-corrected chi connectivity index (χ4v) is 3.31. The van der Waals surface area contributed by atoms with Gasteiger partial charge in [0.1, 0.15) is 0 Å². The standard InChI is InChI=1S/C17H25N3/c1-20-10-4-5-14(13-20)11-18-9-8-15-12-19-17-7-3-2-6-16(15)17/h2-3,6-7,12,14,18-19H,4-5,8-11,13H2,1H3. The van der Waals surface area contributed by atoms with E-state index in [4.69, 9.17) is 0 Å². The average Bonchev–Trinajstić information content (AvgIpc) is 2.87. The highest BCUT2D eigenvalue weighted by Crippen LogP contribution is 2.18. The number of fused-ring (bicyclic) bond motifs is 1. The Hall–Kier alpha value is -1.32. The van der Waals surface area contributed by atoms with Gasteiger partial charge in [0.05, 0.1) is 0 Å². The van der Waals surface area contributed by atoms with Crippen LogP contribution in [0, 0.1) is 5.92 Å². The van der Waals surface area contributed by atoms with Crippen LogP contribution >= 0.6 is 0 Å². The first kappa shape index (κ1) is 13.7. The van der Waals surface area contributed by atoms with E-state index < -0.39 is 0 Å². The predicted octanol–water partition coefficient (Wildman–Crippen LogP) is 2.64. The van der Waals surface area contributed by atoms with E-state index in [0.717, 1.165) is 25.4 Å². The first-order chi connectivity index (χ1) is 9.83. The third-order valence-corrected chi connectivity index (χ3v) is 4.40. The summed E-state index contributed by atoms with van der Waals surface area (Å²) in [6.07, 6.45) is 5.99. The van der Waals surface area contributed by atoms with Crippen molar-refractivity contribution in [2.75, 3.05) is 33.2 Å². The van der Waals surface area contributed by atoms with Gasteiger partial charge in [0.25, 0.3) is 0 Å². The Morgan fingerprint density at radius 2 is 2.25 bits per heavy atom. The van der Waals surface area contributed by atoms with Crippen LogP contribution < -0.4 is 5.32 Å². The molecule has 1 aromatic heterocycles. The maximum absolute atomic E-state index is 3.64. The van der Waals surface area contributed by atoms with E-state index >= 15 is 0 Å². The molecule has 1 atom stereocenters. The topological polar surface area (TPSA) is 31.1 Å². The number of nitrogens with one attached hydrogen (secondary N) is 2. The first-order valence-electron chi connectivity index (χ1n) is 7.77. The summed E-state index contributed by atoms with van der Waals surface area (Å²) in [4.78, 5) is 5.80. The number of rotatable bonds is 5. The molecule has 0 saturated carbocycles. The van der Waals surface area contributed by atoms with Crippen LogP contribution in [0.4, 0.5) is 0 Å². The van der Waals surface area contributed by atoms with Crippen molar-refractivity contribution in [2.45, 2.75) is 19.3 Å². The molecule has 1 aliphatic heterocycles. The highest BCUT2D eigenvalue weighted by molar-refractivity contribution is 5.83. The molecule has 3 heteroatoms. The number of H-pyrrole nitrogens is 1. The number of piperidine rings is 1. The highest BCUT2D eigenvalue weighted by Gasteiger charge is 2.16. The molecular formula is C17H25N3. The summed E-state index contributed by atoms with van der Waals surface area (Å²) in [5.41, 5.74) is 2.67. The van der Waals surface area contributed by atoms with Crippen molar-refractivity contribution < 1.29 is 0 Å². The van der Waals surface area contributed by atoms with Crippen LogP contribution in [0.3, 0.4) is 0 Å². The zero-order valence-electron chi connectivity index (χ0n) is 12.4. The van der Waals surface area contributed by atoms with Gasteiger partial charge in [-0.1, -0.05) is 18.2 Å². The summed E-state index contributed by atoms with van der Waals surface area (Å²) in [7, 11) is 2.23. The Labute approximate surface area is 121 Å². The number of aromatic nitrogens is 1. The predicted molar refractivity (Wildman–Crippen MR) is 85.1 cm³/mol. The maximum Gasteiger partial charge on any atom is 0.0456 e. The molecule has 1 aromatic carbocycles. The van der Waals surface area contributed by atoms with E-state index in [0.29, 0.717) is 0 Å². The quantitative estimate of drug-likeness (QED) is 0.819. The van der Waals surface area contributed by atoms with Gasteiger partial charge >= 0.3 is 0 Å². The van der Waals surface area contributed by atoms with Crippen molar-refractivity contribution in [3.05, 3.63) is 36.0 Å². The third kappa shape index (κ3) is 3.22. The molecule has 1 aliphatic rings. The Kier molecular flexibility index (Phi) is 4.38. The lowest BCUT2D eigenvalue weighted by atomic mass is 9.98. The van der Waals surface area contributed by atoms with Gasteiger partial charge in [-0.05, 0) is 63.5 Å². The summed E-state index contributed by atoms with van der Waals surface area (Å²) in [6, 6.07) is 8.55. The lowest BCUT2D eigenvalue weighted by Gasteiger charge is -2.29. The minimum atomic E-state index is 0.830.